The summed E-state index contributed by atoms with van der Waals surface area (Å²) in [7, 11) is 0. The molecule has 2 rings (SSSR count). The number of fused-ring (bicyclic) bond motifs is 1. The Bertz CT molecular complexity index is 319. The summed E-state index contributed by atoms with van der Waals surface area (Å²) in [6.07, 6.45) is 2.08. The Labute approximate surface area is 103 Å². The van der Waals surface area contributed by atoms with Crippen LogP contribution in [0.5, 0.6) is 0 Å². The molecule has 2 unspecified atom stereocenters. The van der Waals surface area contributed by atoms with E-state index in [1.54, 1.807) is 0 Å². The molecule has 0 bridgehead atoms. The number of carbonyl (C=O) groups excluding carboxylic acids is 1. The maximum atomic E-state index is 12.1. The number of carbonyl (C=O) groups is 1. The van der Waals surface area contributed by atoms with Crippen LogP contribution in [-0.2, 0) is 14.4 Å². The Morgan fingerprint density at radius 1 is 1.41 bits per heavy atom. The van der Waals surface area contributed by atoms with Gasteiger partial charge in [-0.2, -0.15) is 5.06 Å². The van der Waals surface area contributed by atoms with Crippen LogP contribution in [0, 0.1) is 5.92 Å². The van der Waals surface area contributed by atoms with Crippen LogP contribution in [0.1, 0.15) is 47.5 Å². The lowest BCUT2D eigenvalue weighted by atomic mass is 9.98. The molecule has 2 aliphatic heterocycles. The fourth-order valence-corrected chi connectivity index (χ4v) is 2.69. The molecule has 98 valence electrons. The molecular formula is C13H23NO3. The van der Waals surface area contributed by atoms with Gasteiger partial charge < -0.3 is 4.74 Å². The van der Waals surface area contributed by atoms with Gasteiger partial charge in [0.05, 0.1) is 12.6 Å². The lowest BCUT2D eigenvalue weighted by molar-refractivity contribution is -0.170. The summed E-state index contributed by atoms with van der Waals surface area (Å²) in [6.45, 7) is 10.5. The van der Waals surface area contributed by atoms with Crippen LogP contribution < -0.4 is 0 Å². The van der Waals surface area contributed by atoms with Crippen LogP contribution in [0.15, 0.2) is 0 Å². The van der Waals surface area contributed by atoms with Crippen molar-refractivity contribution >= 4 is 5.97 Å². The zero-order chi connectivity index (χ0) is 12.8. The van der Waals surface area contributed by atoms with Crippen molar-refractivity contribution in [3.8, 4) is 0 Å². The molecular weight excluding hydrogens is 218 g/mol. The Morgan fingerprint density at radius 3 is 2.65 bits per heavy atom. The molecule has 0 aliphatic carbocycles. The molecule has 0 aromatic rings. The van der Waals surface area contributed by atoms with E-state index >= 15 is 0 Å². The van der Waals surface area contributed by atoms with Gasteiger partial charge in [-0.05, 0) is 47.5 Å². The molecule has 2 atom stereocenters. The van der Waals surface area contributed by atoms with Gasteiger partial charge in [0.25, 0.3) is 0 Å². The van der Waals surface area contributed by atoms with Gasteiger partial charge in [-0.15, -0.1) is 0 Å². The van der Waals surface area contributed by atoms with E-state index in [2.05, 4.69) is 13.8 Å². The predicted octanol–water partition coefficient (Wildman–Crippen LogP) is 2.13. The zero-order valence-corrected chi connectivity index (χ0v) is 11.4. The van der Waals surface area contributed by atoms with Crippen molar-refractivity contribution in [1.82, 2.24) is 5.06 Å². The summed E-state index contributed by atoms with van der Waals surface area (Å²) >= 11 is 0. The third kappa shape index (κ3) is 2.47. The van der Waals surface area contributed by atoms with E-state index in [9.17, 15) is 4.79 Å². The third-order valence-corrected chi connectivity index (χ3v) is 3.52. The summed E-state index contributed by atoms with van der Waals surface area (Å²) in [5, 5.41) is 2.00. The SMILES string of the molecule is CC(C)(C)OC(=O)C1CON2C1CCC2(C)C. The second-order valence-corrected chi connectivity index (χ2v) is 6.68. The van der Waals surface area contributed by atoms with Crippen LogP contribution in [0.2, 0.25) is 0 Å². The Balaban J connectivity index is 2.04. The molecule has 0 aromatic carbocycles. The van der Waals surface area contributed by atoms with Crippen LogP contribution in [0.3, 0.4) is 0 Å². The van der Waals surface area contributed by atoms with Crippen molar-refractivity contribution in [3.05, 3.63) is 0 Å². The lowest BCUT2D eigenvalue weighted by Crippen LogP contribution is -2.41. The molecule has 0 radical (unpaired) electrons. The first-order valence-electron chi connectivity index (χ1n) is 6.36. The molecule has 2 fully saturated rings. The molecule has 17 heavy (non-hydrogen) atoms. The average Bonchev–Trinajstić information content (AvgIpc) is 2.65. The predicted molar refractivity (Wildman–Crippen MR) is 64.2 cm³/mol. The van der Waals surface area contributed by atoms with Crippen LogP contribution >= 0.6 is 0 Å². The first-order valence-corrected chi connectivity index (χ1v) is 6.36. The standard InChI is InChI=1S/C13H23NO3/c1-12(2,3)17-11(15)9-8-16-14-10(9)6-7-13(14,4)5/h9-10H,6-8H2,1-5H3. The number of ether oxygens (including phenoxy) is 1. The highest BCUT2D eigenvalue weighted by atomic mass is 16.7. The molecule has 2 aliphatic rings. The first-order chi connectivity index (χ1) is 7.71. The van der Waals surface area contributed by atoms with E-state index in [1.807, 2.05) is 25.8 Å². The minimum atomic E-state index is -0.418. The molecule has 0 amide bonds. The van der Waals surface area contributed by atoms with E-state index in [4.69, 9.17) is 9.57 Å². The minimum absolute atomic E-state index is 0.0431. The Hall–Kier alpha value is -0.610. The van der Waals surface area contributed by atoms with Gasteiger partial charge in [-0.25, -0.2) is 0 Å². The zero-order valence-electron chi connectivity index (χ0n) is 11.4. The highest BCUT2D eigenvalue weighted by Crippen LogP contribution is 2.41. The van der Waals surface area contributed by atoms with Crippen LogP contribution in [0.25, 0.3) is 0 Å². The van der Waals surface area contributed by atoms with E-state index in [-0.39, 0.29) is 23.5 Å². The van der Waals surface area contributed by atoms with Gasteiger partial charge >= 0.3 is 5.97 Å². The second kappa shape index (κ2) is 3.95. The second-order valence-electron chi connectivity index (χ2n) is 6.68. The smallest absolute Gasteiger partial charge is 0.313 e. The summed E-state index contributed by atoms with van der Waals surface area (Å²) in [5.74, 6) is -0.251. The van der Waals surface area contributed by atoms with Crippen molar-refractivity contribution in [3.63, 3.8) is 0 Å². The minimum Gasteiger partial charge on any atom is -0.460 e. The van der Waals surface area contributed by atoms with Gasteiger partial charge in [0, 0.05) is 5.54 Å². The Morgan fingerprint density at radius 2 is 2.06 bits per heavy atom. The van der Waals surface area contributed by atoms with Gasteiger partial charge in [-0.3, -0.25) is 9.63 Å². The highest BCUT2D eigenvalue weighted by Gasteiger charge is 2.51. The van der Waals surface area contributed by atoms with Crippen molar-refractivity contribution < 1.29 is 14.4 Å². The fraction of sp³-hybridized carbons (Fsp3) is 0.923. The van der Waals surface area contributed by atoms with E-state index in [1.165, 1.54) is 0 Å². The molecule has 0 spiro atoms. The number of hydroxylamine groups is 2. The van der Waals surface area contributed by atoms with Crippen LogP contribution in [-0.4, -0.2) is 34.8 Å². The number of rotatable bonds is 1. The van der Waals surface area contributed by atoms with Crippen molar-refractivity contribution in [2.75, 3.05) is 6.61 Å². The van der Waals surface area contributed by atoms with E-state index in [0.717, 1.165) is 12.8 Å². The summed E-state index contributed by atoms with van der Waals surface area (Å²) < 4.78 is 5.45. The van der Waals surface area contributed by atoms with Gasteiger partial charge in [0.1, 0.15) is 11.5 Å². The quantitative estimate of drug-likeness (QED) is 0.659. The van der Waals surface area contributed by atoms with Gasteiger partial charge in [0.2, 0.25) is 0 Å². The number of hydrogen-bond donors (Lipinski definition) is 0. The molecule has 2 saturated heterocycles. The van der Waals surface area contributed by atoms with Crippen molar-refractivity contribution in [1.29, 1.82) is 0 Å². The number of esters is 1. The van der Waals surface area contributed by atoms with Crippen molar-refractivity contribution in [2.24, 2.45) is 5.92 Å². The Kier molecular flexibility index (Phi) is 2.99. The average molecular weight is 241 g/mol. The van der Waals surface area contributed by atoms with Crippen LogP contribution in [0.4, 0.5) is 0 Å². The highest BCUT2D eigenvalue weighted by molar-refractivity contribution is 5.74. The maximum absolute atomic E-state index is 12.1. The summed E-state index contributed by atoms with van der Waals surface area (Å²) in [5.41, 5.74) is -0.375. The summed E-state index contributed by atoms with van der Waals surface area (Å²) in [4.78, 5) is 17.8. The normalized spacial score (nSPS) is 32.5. The molecule has 4 heteroatoms. The van der Waals surface area contributed by atoms with Crippen molar-refractivity contribution in [2.45, 2.75) is 64.6 Å². The van der Waals surface area contributed by atoms with Gasteiger partial charge in [-0.1, -0.05) is 0 Å². The summed E-state index contributed by atoms with van der Waals surface area (Å²) in [6, 6.07) is 0.194. The molecule has 0 N–H and O–H groups in total. The first kappa shape index (κ1) is 12.8. The third-order valence-electron chi connectivity index (χ3n) is 3.52. The van der Waals surface area contributed by atoms with E-state index < -0.39 is 5.60 Å². The maximum Gasteiger partial charge on any atom is 0.313 e. The van der Waals surface area contributed by atoms with Gasteiger partial charge in [0.15, 0.2) is 0 Å². The monoisotopic (exact) mass is 241 g/mol. The largest absolute Gasteiger partial charge is 0.460 e. The number of nitrogens with zero attached hydrogens (tertiary/aromatic N) is 1. The fourth-order valence-electron chi connectivity index (χ4n) is 2.69. The molecule has 0 aromatic heterocycles. The lowest BCUT2D eigenvalue weighted by Gasteiger charge is -2.29. The topological polar surface area (TPSA) is 38.8 Å². The number of hydrogen-bond acceptors (Lipinski definition) is 4. The molecule has 4 nitrogen and oxygen atoms in total. The molecule has 0 saturated carbocycles. The molecule has 2 heterocycles. The van der Waals surface area contributed by atoms with E-state index in [0.29, 0.717) is 6.61 Å².